The lowest BCUT2D eigenvalue weighted by atomic mass is 10.0. The monoisotopic (exact) mass is 343 g/mol. The molecule has 0 aliphatic heterocycles. The van der Waals surface area contributed by atoms with Crippen molar-refractivity contribution < 1.29 is 14.3 Å². The Balaban J connectivity index is 2.02. The van der Waals surface area contributed by atoms with E-state index in [9.17, 15) is 9.59 Å². The van der Waals surface area contributed by atoms with Crippen LogP contribution in [-0.4, -0.2) is 22.8 Å². The van der Waals surface area contributed by atoms with E-state index in [0.717, 1.165) is 10.9 Å². The van der Waals surface area contributed by atoms with E-state index in [4.69, 9.17) is 4.74 Å². The molecule has 0 radical (unpaired) electrons. The summed E-state index contributed by atoms with van der Waals surface area (Å²) in [5, 5.41) is 0.986. The van der Waals surface area contributed by atoms with E-state index in [1.807, 2.05) is 59.0 Å². The van der Waals surface area contributed by atoms with Gasteiger partial charge in [0.2, 0.25) is 0 Å². The second kappa shape index (κ2) is 6.48. The molecule has 0 aliphatic rings. The molecule has 0 saturated heterocycles. The minimum atomic E-state index is -0.439. The van der Waals surface area contributed by atoms with Gasteiger partial charge in [-0.2, -0.15) is 0 Å². The average Bonchev–Trinajstić information content (AvgIpc) is 3.08. The first-order valence-corrected chi connectivity index (χ1v) is 8.51. The highest BCUT2D eigenvalue weighted by atomic mass is 16.5. The van der Waals surface area contributed by atoms with Crippen molar-refractivity contribution in [1.82, 2.24) is 4.40 Å². The molecule has 2 heterocycles. The second-order valence-electron chi connectivity index (χ2n) is 5.97. The van der Waals surface area contributed by atoms with Gasteiger partial charge in [-0.05, 0) is 30.5 Å². The van der Waals surface area contributed by atoms with Gasteiger partial charge in [-0.15, -0.1) is 0 Å². The number of fused-ring (bicyclic) bond motifs is 3. The maximum absolute atomic E-state index is 13.0. The molecule has 0 unspecified atom stereocenters. The molecule has 0 fully saturated rings. The normalized spacial score (nSPS) is 11.0. The van der Waals surface area contributed by atoms with Gasteiger partial charge in [0, 0.05) is 11.1 Å². The van der Waals surface area contributed by atoms with Crippen LogP contribution in [0.3, 0.4) is 0 Å². The molecule has 0 aliphatic carbocycles. The fourth-order valence-electron chi connectivity index (χ4n) is 3.23. The topological polar surface area (TPSA) is 47.8 Å². The molecule has 4 nitrogen and oxygen atoms in total. The molecule has 0 spiro atoms. The number of hydrogen-bond donors (Lipinski definition) is 0. The van der Waals surface area contributed by atoms with Crippen molar-refractivity contribution in [2.24, 2.45) is 0 Å². The Morgan fingerprint density at radius 2 is 1.62 bits per heavy atom. The quantitative estimate of drug-likeness (QED) is 0.405. The first kappa shape index (κ1) is 16.1. The fourth-order valence-corrected chi connectivity index (χ4v) is 3.23. The Morgan fingerprint density at radius 3 is 2.38 bits per heavy atom. The smallest absolute Gasteiger partial charge is 0.355 e. The lowest BCUT2D eigenvalue weighted by Gasteiger charge is -2.07. The van der Waals surface area contributed by atoms with Crippen LogP contribution in [0.25, 0.3) is 16.4 Å². The summed E-state index contributed by atoms with van der Waals surface area (Å²) in [7, 11) is 0. The highest BCUT2D eigenvalue weighted by Gasteiger charge is 2.22. The van der Waals surface area contributed by atoms with Crippen LogP contribution in [0.15, 0.2) is 72.8 Å². The number of carbonyl (C=O) groups excluding carboxylic acids is 2. The highest BCUT2D eigenvalue weighted by molar-refractivity contribution is 6.15. The van der Waals surface area contributed by atoms with Crippen molar-refractivity contribution in [1.29, 1.82) is 0 Å². The van der Waals surface area contributed by atoms with Crippen LogP contribution in [0.2, 0.25) is 0 Å². The zero-order valence-corrected chi connectivity index (χ0v) is 14.3. The number of ether oxygens (including phenoxy) is 1. The van der Waals surface area contributed by atoms with Gasteiger partial charge in [0.15, 0.2) is 5.78 Å². The number of para-hydroxylation sites is 1. The largest absolute Gasteiger partial charge is 0.461 e. The third kappa shape index (κ3) is 2.56. The lowest BCUT2D eigenvalue weighted by molar-refractivity contribution is 0.0519. The maximum atomic E-state index is 13.0. The Bertz CT molecular complexity index is 1130. The number of carbonyl (C=O) groups is 2. The van der Waals surface area contributed by atoms with Crippen molar-refractivity contribution in [3.8, 4) is 0 Å². The van der Waals surface area contributed by atoms with E-state index in [-0.39, 0.29) is 12.4 Å². The van der Waals surface area contributed by atoms with Crippen LogP contribution in [-0.2, 0) is 4.74 Å². The number of aromatic nitrogens is 1. The molecular weight excluding hydrogens is 326 g/mol. The number of esters is 1. The van der Waals surface area contributed by atoms with Crippen LogP contribution in [0.5, 0.6) is 0 Å². The zero-order chi connectivity index (χ0) is 18.1. The number of benzene rings is 2. The van der Waals surface area contributed by atoms with E-state index in [0.29, 0.717) is 22.3 Å². The highest BCUT2D eigenvalue weighted by Crippen LogP contribution is 2.26. The van der Waals surface area contributed by atoms with Crippen molar-refractivity contribution in [3.05, 3.63) is 89.6 Å². The molecule has 2 aromatic carbocycles. The summed E-state index contributed by atoms with van der Waals surface area (Å²) < 4.78 is 7.02. The number of ketones is 1. The van der Waals surface area contributed by atoms with Gasteiger partial charge in [-0.3, -0.25) is 4.79 Å². The third-order valence-corrected chi connectivity index (χ3v) is 4.40. The van der Waals surface area contributed by atoms with Gasteiger partial charge in [0.25, 0.3) is 0 Å². The van der Waals surface area contributed by atoms with Crippen LogP contribution >= 0.6 is 0 Å². The van der Waals surface area contributed by atoms with Crippen LogP contribution < -0.4 is 0 Å². The first-order valence-electron chi connectivity index (χ1n) is 8.51. The Morgan fingerprint density at radius 1 is 0.885 bits per heavy atom. The summed E-state index contributed by atoms with van der Waals surface area (Å²) >= 11 is 0. The van der Waals surface area contributed by atoms with E-state index in [1.54, 1.807) is 25.1 Å². The van der Waals surface area contributed by atoms with Gasteiger partial charge >= 0.3 is 5.97 Å². The van der Waals surface area contributed by atoms with Gasteiger partial charge < -0.3 is 9.14 Å². The molecule has 26 heavy (non-hydrogen) atoms. The predicted molar refractivity (Wildman–Crippen MR) is 101 cm³/mol. The van der Waals surface area contributed by atoms with Crippen molar-refractivity contribution in [2.45, 2.75) is 6.92 Å². The molecule has 4 aromatic rings. The SMILES string of the molecule is CCOC(=O)c1cc(C(=O)c2ccccc2)c2ccc3ccccc3n12. The molecular formula is C22H17NO3. The summed E-state index contributed by atoms with van der Waals surface area (Å²) in [6.07, 6.45) is 0. The van der Waals surface area contributed by atoms with Crippen LogP contribution in [0.1, 0.15) is 33.3 Å². The van der Waals surface area contributed by atoms with Gasteiger partial charge in [-0.1, -0.05) is 54.6 Å². The van der Waals surface area contributed by atoms with Crippen LogP contribution in [0, 0.1) is 0 Å². The minimum Gasteiger partial charge on any atom is -0.461 e. The molecule has 4 heteroatoms. The lowest BCUT2D eigenvalue weighted by Crippen LogP contribution is -2.08. The number of nitrogens with zero attached hydrogens (tertiary/aromatic N) is 1. The maximum Gasteiger partial charge on any atom is 0.355 e. The number of hydrogen-bond acceptors (Lipinski definition) is 3. The summed E-state index contributed by atoms with van der Waals surface area (Å²) in [5.41, 5.74) is 2.99. The van der Waals surface area contributed by atoms with E-state index < -0.39 is 5.97 Å². The average molecular weight is 343 g/mol. The van der Waals surface area contributed by atoms with Crippen molar-refractivity contribution >= 4 is 28.2 Å². The molecule has 0 saturated carbocycles. The van der Waals surface area contributed by atoms with E-state index in [1.165, 1.54) is 0 Å². The van der Waals surface area contributed by atoms with E-state index in [2.05, 4.69) is 0 Å². The molecule has 0 amide bonds. The van der Waals surface area contributed by atoms with Crippen molar-refractivity contribution in [2.75, 3.05) is 6.61 Å². The minimum absolute atomic E-state index is 0.117. The molecule has 0 bridgehead atoms. The Hall–Kier alpha value is -3.40. The third-order valence-electron chi connectivity index (χ3n) is 4.40. The second-order valence-corrected chi connectivity index (χ2v) is 5.97. The van der Waals surface area contributed by atoms with Crippen molar-refractivity contribution in [3.63, 3.8) is 0 Å². The number of rotatable bonds is 4. The van der Waals surface area contributed by atoms with Crippen LogP contribution in [0.4, 0.5) is 0 Å². The summed E-state index contributed by atoms with van der Waals surface area (Å²) in [6.45, 7) is 2.04. The first-order chi connectivity index (χ1) is 12.7. The summed E-state index contributed by atoms with van der Waals surface area (Å²) in [6, 6.07) is 22.3. The Kier molecular flexibility index (Phi) is 4.01. The molecule has 128 valence electrons. The molecule has 0 N–H and O–H groups in total. The van der Waals surface area contributed by atoms with Gasteiger partial charge in [0.1, 0.15) is 5.69 Å². The fraction of sp³-hybridized carbons (Fsp3) is 0.0909. The van der Waals surface area contributed by atoms with Gasteiger partial charge in [0.05, 0.1) is 17.6 Å². The summed E-state index contributed by atoms with van der Waals surface area (Å²) in [5.74, 6) is -0.556. The van der Waals surface area contributed by atoms with Gasteiger partial charge in [-0.25, -0.2) is 4.79 Å². The predicted octanol–water partition coefficient (Wildman–Crippen LogP) is 4.50. The molecule has 4 rings (SSSR count). The molecule has 2 aromatic heterocycles. The van der Waals surface area contributed by atoms with E-state index >= 15 is 0 Å². The summed E-state index contributed by atoms with van der Waals surface area (Å²) in [4.78, 5) is 25.5. The molecule has 0 atom stereocenters. The Labute approximate surface area is 150 Å². The zero-order valence-electron chi connectivity index (χ0n) is 14.3. The number of pyridine rings is 1. The standard InChI is InChI=1S/C22H17NO3/c1-2-26-22(25)20-14-17(21(24)16-9-4-3-5-10-16)19-13-12-15-8-6-7-11-18(15)23(19)20/h3-14H,2H2,1H3.